The largest absolute Gasteiger partial charge is 0.481 e. The van der Waals surface area contributed by atoms with Crippen LogP contribution in [0.5, 0.6) is 0 Å². The standard InChI is InChI=1S/C21H28N8O14P2.C21H28N8O13P2.C21H27N7O13P2/c22-16-11-18(27-21(24)26-16)29(7-25-11)20-15(33)13(31)10(42-20)6-40-45(37,38)43-44(35,36)39-5-9-12(30)14(32)19(41-9)28-3-1-2-8(4-28)17(23)34;22-17-14-19(27-21(24)26-17)29(8-25-14)13-4-10(30)11(40-13)6-38-43(34,35)42-44(36,37)39-7-12-15(31)16(32)20(41-12)28-3-1-2-9(5-28)18(23)33;22-18-15-20(25-8-24-18)28(9-26-15)14-4-11(29)12(39-14)6-37-42(33,34)41-43(35,36)38-7-13-16(30)17(31)21(40-13)27-3-1-2-10(5-27)19(23)32/h1-4,7,9-10,12-15,19-20,30-33H,5-6H2,(H7-,22,23,24,26,27,34,35,36,37,38);1-3,5,8,10-13,15-16,20,30-32H,4,6-7H2,(H7-,22,23,24,26,27,33,34,35,36,37);1-3,5,8-9,11-14,16-17,21,29-31H,4,6-7H2,(H5-,22,23,24,25,32,33,34,35,36)/p+4. The smallest absolute Gasteiger partial charge is 0.390 e. The molecule has 7 aliphatic heterocycles. The summed E-state index contributed by atoms with van der Waals surface area (Å²) in [6, 6.07) is 8.54. The van der Waals surface area contributed by atoms with E-state index >= 15 is 0 Å². The predicted molar refractivity (Wildman–Crippen MR) is 424 cm³/mol. The molecule has 33 N–H and O–H groups in total. The number of phosphoric acid groups is 6. The van der Waals surface area contributed by atoms with Crippen molar-refractivity contribution in [3.05, 3.63) is 109 Å². The van der Waals surface area contributed by atoms with Gasteiger partial charge in [-0.3, -0.25) is 50.7 Å². The van der Waals surface area contributed by atoms with Crippen LogP contribution in [-0.4, -0.2) is 297 Å². The van der Waals surface area contributed by atoms with Crippen LogP contribution in [0, 0.1) is 0 Å². The maximum atomic E-state index is 12.4. The van der Waals surface area contributed by atoms with Crippen molar-refractivity contribution in [2.75, 3.05) is 68.3 Å². The van der Waals surface area contributed by atoms with E-state index in [9.17, 15) is 122 Å². The summed E-state index contributed by atoms with van der Waals surface area (Å²) in [6.45, 7) is -5.03. The van der Waals surface area contributed by atoms with Crippen LogP contribution in [0.15, 0.2) is 97.6 Å². The van der Waals surface area contributed by atoms with Crippen LogP contribution in [0.3, 0.4) is 0 Å². The number of nitrogens with two attached hydrogens (primary N) is 8. The molecule has 63 nitrogen and oxygen atoms in total. The summed E-state index contributed by atoms with van der Waals surface area (Å²) >= 11 is 0. The number of fused-ring (bicyclic) bond motifs is 3. The molecule has 8 aromatic rings. The summed E-state index contributed by atoms with van der Waals surface area (Å²) in [5, 5.41) is 104. The maximum Gasteiger partial charge on any atom is 0.481 e. The number of nitrogens with one attached hydrogen (secondary N) is 1. The van der Waals surface area contributed by atoms with Gasteiger partial charge in [0.15, 0.2) is 102 Å². The Bertz CT molecular complexity index is 5930. The second-order valence-corrected chi connectivity index (χ2v) is 38.5. The van der Waals surface area contributed by atoms with Crippen LogP contribution < -0.4 is 64.5 Å². The number of nitrogen functional groups attached to an aromatic ring is 5. The molecule has 0 radical (unpaired) electrons. The molecule has 7 aliphatic rings. The highest BCUT2D eigenvalue weighted by Crippen LogP contribution is 2.63. The van der Waals surface area contributed by atoms with Gasteiger partial charge in [-0.05, 0) is 18.2 Å². The number of hydrogen-bond acceptors (Lipinski definition) is 48. The molecule has 0 spiro atoms. The molecule has 720 valence electrons. The number of aromatic nitrogens is 13. The molecule has 6 saturated heterocycles. The zero-order valence-corrected chi connectivity index (χ0v) is 72.5. The SMILES string of the molecule is NC(=O)c1ccc[n+](C2OC(COP(=O)(O)OP(=O)(O)OCC3OC([NH+]4C=Nc5c(N)nc(N)nc54)CC3O)C(O)C2O)c1.NC(=O)c1ccc[n+](C2OC(COP(=O)(O)OP(=O)(O)OCC3OC(n4cnc5c(N)nc(N)nc54)C(O)C3O)C(O)C2O)c1.NC(=O)c1ccc[n+](C2OC(COP(=O)(O)OP(=O)(O)OCC3OC(n4cnc5c(N)ncnc54)CC3O)C(O)C2O)c1. The third-order valence-electron chi connectivity index (χ3n) is 20.3. The lowest BCUT2D eigenvalue weighted by molar-refractivity contribution is -0.787. The summed E-state index contributed by atoms with van der Waals surface area (Å²) in [5.74, 6) is -2.16. The van der Waals surface area contributed by atoms with Gasteiger partial charge in [0.05, 0.1) is 70.9 Å². The molecule has 69 heteroatoms. The fourth-order valence-corrected chi connectivity index (χ4v) is 20.2. The van der Waals surface area contributed by atoms with Gasteiger partial charge in [-0.15, -0.1) is 0 Å². The lowest BCUT2D eigenvalue weighted by atomic mass is 10.1. The predicted octanol–water partition coefficient (Wildman–Crippen LogP) is -9.16. The first-order chi connectivity index (χ1) is 61.9. The average Bonchev–Trinajstić information content (AvgIpc) is 1.61. The topological polar surface area (TPSA) is 965 Å². The summed E-state index contributed by atoms with van der Waals surface area (Å²) in [7, 11) is -32.0. The Morgan fingerprint density at radius 3 is 1.23 bits per heavy atom. The molecule has 132 heavy (non-hydrogen) atoms. The Kier molecular flexibility index (Phi) is 30.7. The van der Waals surface area contributed by atoms with E-state index in [4.69, 9.17) is 96.9 Å². The lowest BCUT2D eigenvalue weighted by Crippen LogP contribution is -3.10. The average molecular weight is 1990 g/mol. The van der Waals surface area contributed by atoms with E-state index in [1.165, 1.54) is 122 Å². The molecule has 3 amide bonds. The third-order valence-corrected chi connectivity index (χ3v) is 28.1. The van der Waals surface area contributed by atoms with Crippen LogP contribution in [-0.2, 0) is 95.9 Å². The van der Waals surface area contributed by atoms with Gasteiger partial charge in [0.1, 0.15) is 107 Å². The van der Waals surface area contributed by atoms with Gasteiger partial charge in [0.25, 0.3) is 42.2 Å². The Morgan fingerprint density at radius 2 is 0.795 bits per heavy atom. The monoisotopic (exact) mass is 1990 g/mol. The minimum Gasteiger partial charge on any atom is -0.390 e. The second-order valence-electron chi connectivity index (χ2n) is 29.4. The number of phosphoric ester groups is 6. The highest BCUT2D eigenvalue weighted by Gasteiger charge is 2.55. The van der Waals surface area contributed by atoms with Crippen molar-refractivity contribution in [2.24, 2.45) is 22.2 Å². The molecular weight excluding hydrogens is 1900 g/mol. The molecule has 29 unspecified atom stereocenters. The van der Waals surface area contributed by atoms with Gasteiger partial charge < -0.3 is 155 Å². The number of primary amides is 3. The molecule has 0 aliphatic carbocycles. The number of nitrogens with zero attached hydrogens (tertiary/aromatic N) is 14. The van der Waals surface area contributed by atoms with E-state index in [0.29, 0.717) is 21.9 Å². The third kappa shape index (κ3) is 23.5. The van der Waals surface area contributed by atoms with Gasteiger partial charge in [-0.25, -0.2) is 52.2 Å². The summed E-state index contributed by atoms with van der Waals surface area (Å²) < 4.78 is 156. The number of aliphatic hydroxyl groups is 10. The van der Waals surface area contributed by atoms with Crippen molar-refractivity contribution in [2.45, 2.75) is 148 Å². The van der Waals surface area contributed by atoms with Crippen molar-refractivity contribution < 1.29 is 209 Å². The highest BCUT2D eigenvalue weighted by atomic mass is 31.3. The van der Waals surface area contributed by atoms with E-state index in [1.807, 2.05) is 0 Å². The Labute approximate surface area is 737 Å². The number of carbonyl (C=O) groups is 3. The molecule has 15 heterocycles. The first-order valence-electron chi connectivity index (χ1n) is 38.1. The van der Waals surface area contributed by atoms with Gasteiger partial charge in [-0.1, -0.05) is 0 Å². The van der Waals surface area contributed by atoms with Crippen LogP contribution in [0.2, 0.25) is 0 Å². The van der Waals surface area contributed by atoms with Crippen molar-refractivity contribution in [1.29, 1.82) is 0 Å². The normalized spacial score (nSPS) is 31.3. The van der Waals surface area contributed by atoms with E-state index < -0.39 is 239 Å². The molecule has 0 aromatic carbocycles. The highest BCUT2D eigenvalue weighted by molar-refractivity contribution is 7.62. The second kappa shape index (κ2) is 40.4. The number of anilines is 5. The van der Waals surface area contributed by atoms with Crippen molar-refractivity contribution >= 4 is 134 Å². The van der Waals surface area contributed by atoms with Crippen molar-refractivity contribution in [1.82, 2.24) is 49.0 Å². The number of carbonyl (C=O) groups excluding carboxylic acids is 3. The van der Waals surface area contributed by atoms with Crippen molar-refractivity contribution in [3.8, 4) is 0 Å². The summed E-state index contributed by atoms with van der Waals surface area (Å²) in [6.07, 6.45) is -16.8. The van der Waals surface area contributed by atoms with Crippen LogP contribution >= 0.6 is 46.9 Å². The van der Waals surface area contributed by atoms with Crippen LogP contribution in [0.25, 0.3) is 22.3 Å². The number of aliphatic hydroxyl groups excluding tert-OH is 10. The molecule has 29 atom stereocenters. The quantitative estimate of drug-likeness (QED) is 0.0134. The van der Waals surface area contributed by atoms with Gasteiger partial charge >= 0.3 is 46.9 Å². The zero-order chi connectivity index (χ0) is 95.9. The summed E-state index contributed by atoms with van der Waals surface area (Å²) in [4.78, 5) is 131. The minimum atomic E-state index is -5.39. The number of rotatable bonds is 33. The van der Waals surface area contributed by atoms with Crippen LogP contribution in [0.4, 0.5) is 40.9 Å². The van der Waals surface area contributed by atoms with E-state index in [2.05, 4.69) is 62.3 Å². The fourth-order valence-electron chi connectivity index (χ4n) is 14.0. The maximum absolute atomic E-state index is 12.4. The number of quaternary nitrogens is 1. The number of amides is 3. The van der Waals surface area contributed by atoms with Crippen molar-refractivity contribution in [3.63, 3.8) is 0 Å². The lowest BCUT2D eigenvalue weighted by Gasteiger charge is -2.20. The fraction of sp³-hybridized carbons (Fsp3) is 0.476. The number of ether oxygens (including phenoxy) is 6. The Balaban J connectivity index is 0.000000168. The van der Waals surface area contributed by atoms with E-state index in [-0.39, 0.29) is 75.7 Å². The number of pyridine rings is 3. The number of aliphatic imine (C=N–C) groups is 1. The minimum absolute atomic E-state index is 0.0124. The molecule has 0 bridgehead atoms. The van der Waals surface area contributed by atoms with Gasteiger partial charge in [-0.2, -0.15) is 51.6 Å². The molecular formula is C63H87N23O40P6+4. The Morgan fingerprint density at radius 1 is 0.424 bits per heavy atom. The van der Waals surface area contributed by atoms with Gasteiger partial charge in [0.2, 0.25) is 18.1 Å². The molecule has 0 saturated carbocycles. The summed E-state index contributed by atoms with van der Waals surface area (Å²) in [5.41, 5.74) is 45.7. The molecule has 15 rings (SSSR count). The zero-order valence-electron chi connectivity index (χ0n) is 67.1. The molecule has 8 aromatic heterocycles. The first kappa shape index (κ1) is 100. The number of imidazole rings is 2. The number of hydrogen-bond donors (Lipinski definition) is 25. The van der Waals surface area contributed by atoms with E-state index in [0.717, 1.165) is 0 Å². The van der Waals surface area contributed by atoms with Gasteiger partial charge in [0, 0.05) is 24.6 Å². The molecule has 6 fully saturated rings. The Hall–Kier alpha value is -9.19. The van der Waals surface area contributed by atoms with E-state index in [1.54, 1.807) is 0 Å². The first-order valence-corrected chi connectivity index (χ1v) is 47.1. The van der Waals surface area contributed by atoms with Crippen LogP contribution in [0.1, 0.15) is 75.1 Å².